The van der Waals surface area contributed by atoms with Crippen LogP contribution in [-0.2, 0) is 0 Å². The summed E-state index contributed by atoms with van der Waals surface area (Å²) in [6, 6.07) is 22.4. The molecule has 0 unspecified atom stereocenters. The number of rotatable bonds is 1. The van der Waals surface area contributed by atoms with Crippen molar-refractivity contribution >= 4 is 28.5 Å². The molecule has 0 spiro atoms. The van der Waals surface area contributed by atoms with E-state index in [4.69, 9.17) is 0 Å². The van der Waals surface area contributed by atoms with E-state index in [2.05, 4.69) is 36.4 Å². The van der Waals surface area contributed by atoms with Gasteiger partial charge in [-0.1, -0.05) is 54.6 Å². The van der Waals surface area contributed by atoms with Crippen LogP contribution < -0.4 is 0 Å². The molecule has 1 amide bonds. The van der Waals surface area contributed by atoms with Crippen molar-refractivity contribution in [1.82, 2.24) is 4.90 Å². The zero-order valence-corrected chi connectivity index (χ0v) is 12.3. The van der Waals surface area contributed by atoms with Crippen molar-refractivity contribution in [2.45, 2.75) is 0 Å². The van der Waals surface area contributed by atoms with Gasteiger partial charge in [0.05, 0.1) is 5.70 Å². The van der Waals surface area contributed by atoms with Crippen LogP contribution in [0.1, 0.15) is 21.5 Å². The Morgan fingerprint density at radius 2 is 1.50 bits per heavy atom. The van der Waals surface area contributed by atoms with Crippen molar-refractivity contribution in [3.05, 3.63) is 83.4 Å². The van der Waals surface area contributed by atoms with Gasteiger partial charge in [0.25, 0.3) is 5.91 Å². The molecular weight excluding hydrogens is 270 g/mol. The smallest absolute Gasteiger partial charge is 0.258 e. The lowest BCUT2D eigenvalue weighted by Gasteiger charge is -2.11. The molecule has 0 bridgehead atoms. The Kier molecular flexibility index (Phi) is 2.83. The lowest BCUT2D eigenvalue weighted by atomic mass is 10.0. The Bertz CT molecular complexity index is 924. The molecule has 0 N–H and O–H groups in total. The fourth-order valence-electron chi connectivity index (χ4n) is 2.99. The molecule has 2 nitrogen and oxygen atoms in total. The number of fused-ring (bicyclic) bond motifs is 2. The van der Waals surface area contributed by atoms with Gasteiger partial charge >= 0.3 is 0 Å². The SMILES string of the molecule is CN1C(=O)c2ccccc2/C1=C\c1ccc2ccccc2c1. The zero-order valence-electron chi connectivity index (χ0n) is 12.3. The number of hydrogen-bond acceptors (Lipinski definition) is 1. The van der Waals surface area contributed by atoms with Crippen LogP contribution in [0.5, 0.6) is 0 Å². The fourth-order valence-corrected chi connectivity index (χ4v) is 2.99. The van der Waals surface area contributed by atoms with E-state index in [1.165, 1.54) is 10.8 Å². The summed E-state index contributed by atoms with van der Waals surface area (Å²) in [5.74, 6) is 0.0580. The van der Waals surface area contributed by atoms with Gasteiger partial charge in [-0.2, -0.15) is 0 Å². The third-order valence-corrected chi connectivity index (χ3v) is 4.18. The number of nitrogens with zero attached hydrogens (tertiary/aromatic N) is 1. The van der Waals surface area contributed by atoms with Gasteiger partial charge in [0, 0.05) is 18.2 Å². The molecule has 0 radical (unpaired) electrons. The number of carbonyl (C=O) groups excluding carboxylic acids is 1. The molecule has 4 rings (SSSR count). The Hall–Kier alpha value is -2.87. The van der Waals surface area contributed by atoms with Crippen molar-refractivity contribution in [3.8, 4) is 0 Å². The van der Waals surface area contributed by atoms with Gasteiger partial charge in [0.1, 0.15) is 0 Å². The fraction of sp³-hybridized carbons (Fsp3) is 0.0500. The van der Waals surface area contributed by atoms with E-state index in [9.17, 15) is 4.79 Å². The van der Waals surface area contributed by atoms with E-state index >= 15 is 0 Å². The molecule has 1 heterocycles. The number of carbonyl (C=O) groups is 1. The summed E-state index contributed by atoms with van der Waals surface area (Å²) in [7, 11) is 1.83. The lowest BCUT2D eigenvalue weighted by Crippen LogP contribution is -2.16. The molecule has 0 aromatic heterocycles. The van der Waals surface area contributed by atoms with Crippen LogP contribution in [0.3, 0.4) is 0 Å². The summed E-state index contributed by atoms with van der Waals surface area (Å²) in [5.41, 5.74) is 3.83. The first-order valence-corrected chi connectivity index (χ1v) is 7.32. The van der Waals surface area contributed by atoms with Crippen LogP contribution in [0.25, 0.3) is 22.5 Å². The first kappa shape index (κ1) is 12.8. The first-order chi connectivity index (χ1) is 10.7. The van der Waals surface area contributed by atoms with Gasteiger partial charge < -0.3 is 4.90 Å². The monoisotopic (exact) mass is 285 g/mol. The summed E-state index contributed by atoms with van der Waals surface area (Å²) >= 11 is 0. The highest BCUT2D eigenvalue weighted by Crippen LogP contribution is 2.33. The molecule has 0 saturated carbocycles. The van der Waals surface area contributed by atoms with E-state index in [1.54, 1.807) is 4.90 Å². The topological polar surface area (TPSA) is 20.3 Å². The highest BCUT2D eigenvalue weighted by Gasteiger charge is 2.28. The van der Waals surface area contributed by atoms with E-state index in [0.29, 0.717) is 0 Å². The molecule has 1 aliphatic rings. The average Bonchev–Trinajstić information content (AvgIpc) is 2.80. The Balaban J connectivity index is 1.86. The molecule has 22 heavy (non-hydrogen) atoms. The molecule has 0 fully saturated rings. The summed E-state index contributed by atoms with van der Waals surface area (Å²) < 4.78 is 0. The van der Waals surface area contributed by atoms with Crippen LogP contribution >= 0.6 is 0 Å². The van der Waals surface area contributed by atoms with E-state index < -0.39 is 0 Å². The molecule has 3 aromatic rings. The maximum atomic E-state index is 12.3. The van der Waals surface area contributed by atoms with Gasteiger partial charge in [-0.05, 0) is 34.5 Å². The molecule has 3 aromatic carbocycles. The zero-order chi connectivity index (χ0) is 15.1. The predicted octanol–water partition coefficient (Wildman–Crippen LogP) is 4.42. The highest BCUT2D eigenvalue weighted by molar-refractivity contribution is 6.11. The maximum absolute atomic E-state index is 12.3. The molecule has 0 aliphatic carbocycles. The molecule has 106 valence electrons. The van der Waals surface area contributed by atoms with Gasteiger partial charge in [0.15, 0.2) is 0 Å². The molecular formula is C20H15NO. The summed E-state index contributed by atoms with van der Waals surface area (Å²) in [6.45, 7) is 0. The quantitative estimate of drug-likeness (QED) is 0.648. The van der Waals surface area contributed by atoms with Crippen molar-refractivity contribution < 1.29 is 4.79 Å². The van der Waals surface area contributed by atoms with Gasteiger partial charge in [-0.15, -0.1) is 0 Å². The van der Waals surface area contributed by atoms with Gasteiger partial charge in [-0.3, -0.25) is 4.79 Å². The van der Waals surface area contributed by atoms with Crippen molar-refractivity contribution in [1.29, 1.82) is 0 Å². The second kappa shape index (κ2) is 4.85. The van der Waals surface area contributed by atoms with Crippen molar-refractivity contribution in [3.63, 3.8) is 0 Å². The second-order valence-corrected chi connectivity index (χ2v) is 5.55. The average molecular weight is 285 g/mol. The van der Waals surface area contributed by atoms with Crippen molar-refractivity contribution in [2.24, 2.45) is 0 Å². The molecule has 0 saturated heterocycles. The first-order valence-electron chi connectivity index (χ1n) is 7.32. The van der Waals surface area contributed by atoms with Crippen LogP contribution in [0.4, 0.5) is 0 Å². The number of hydrogen-bond donors (Lipinski definition) is 0. The molecule has 0 atom stereocenters. The number of amides is 1. The maximum Gasteiger partial charge on any atom is 0.258 e. The summed E-state index contributed by atoms with van der Waals surface area (Å²) in [4.78, 5) is 14.0. The van der Waals surface area contributed by atoms with E-state index in [0.717, 1.165) is 22.4 Å². The van der Waals surface area contributed by atoms with Crippen molar-refractivity contribution in [2.75, 3.05) is 7.05 Å². The van der Waals surface area contributed by atoms with E-state index in [1.807, 2.05) is 43.4 Å². The molecule has 2 heteroatoms. The second-order valence-electron chi connectivity index (χ2n) is 5.55. The third kappa shape index (κ3) is 1.92. The highest BCUT2D eigenvalue weighted by atomic mass is 16.2. The van der Waals surface area contributed by atoms with Crippen LogP contribution in [-0.4, -0.2) is 17.9 Å². The third-order valence-electron chi connectivity index (χ3n) is 4.18. The summed E-state index contributed by atoms with van der Waals surface area (Å²) in [5, 5.41) is 2.43. The Labute approximate surface area is 129 Å². The standard InChI is InChI=1S/C20H15NO/c1-21-19(17-8-4-5-9-18(17)20(21)22)13-14-10-11-15-6-2-3-7-16(15)12-14/h2-13H,1H3/b19-13+. The van der Waals surface area contributed by atoms with Gasteiger partial charge in [0.2, 0.25) is 0 Å². The van der Waals surface area contributed by atoms with E-state index in [-0.39, 0.29) is 5.91 Å². The lowest BCUT2D eigenvalue weighted by molar-refractivity contribution is 0.0875. The van der Waals surface area contributed by atoms with Gasteiger partial charge in [-0.25, -0.2) is 0 Å². The Morgan fingerprint density at radius 3 is 2.32 bits per heavy atom. The largest absolute Gasteiger partial charge is 0.311 e. The van der Waals surface area contributed by atoms with Crippen LogP contribution in [0.2, 0.25) is 0 Å². The Morgan fingerprint density at radius 1 is 0.818 bits per heavy atom. The summed E-state index contributed by atoms with van der Waals surface area (Å²) in [6.07, 6.45) is 2.08. The minimum absolute atomic E-state index is 0.0580. The minimum atomic E-state index is 0.0580. The normalized spacial score (nSPS) is 15.6. The van der Waals surface area contributed by atoms with Crippen LogP contribution in [0, 0.1) is 0 Å². The molecule has 1 aliphatic heterocycles. The predicted molar refractivity (Wildman–Crippen MR) is 90.4 cm³/mol. The van der Waals surface area contributed by atoms with Crippen LogP contribution in [0.15, 0.2) is 66.7 Å². The number of benzene rings is 3. The minimum Gasteiger partial charge on any atom is -0.311 e.